The Morgan fingerprint density at radius 2 is 2.16 bits per heavy atom. The van der Waals surface area contributed by atoms with Gasteiger partial charge in [-0.25, -0.2) is 4.98 Å². The summed E-state index contributed by atoms with van der Waals surface area (Å²) in [4.78, 5) is 9.02. The summed E-state index contributed by atoms with van der Waals surface area (Å²) in [5.41, 5.74) is 8.70. The van der Waals surface area contributed by atoms with E-state index in [1.54, 1.807) is 0 Å². The highest BCUT2D eigenvalue weighted by molar-refractivity contribution is 14.1. The molecular formula is C14H19IN4. The first-order chi connectivity index (χ1) is 9.24. The van der Waals surface area contributed by atoms with Crippen LogP contribution in [0.4, 0.5) is 0 Å². The molecule has 2 aromatic rings. The molecule has 0 unspecified atom stereocenters. The molecule has 0 aliphatic rings. The summed E-state index contributed by atoms with van der Waals surface area (Å²) in [6, 6.07) is 4.15. The van der Waals surface area contributed by atoms with Crippen LogP contribution in [0.1, 0.15) is 24.4 Å². The summed E-state index contributed by atoms with van der Waals surface area (Å²) in [6.07, 6.45) is 6.16. The van der Waals surface area contributed by atoms with Gasteiger partial charge in [-0.1, -0.05) is 22.6 Å². The lowest BCUT2D eigenvalue weighted by Gasteiger charge is -2.02. The van der Waals surface area contributed by atoms with Crippen molar-refractivity contribution in [2.75, 3.05) is 6.54 Å². The zero-order valence-corrected chi connectivity index (χ0v) is 13.3. The first-order valence-corrected chi connectivity index (χ1v) is 8.02. The van der Waals surface area contributed by atoms with Gasteiger partial charge >= 0.3 is 0 Å². The third-order valence-electron chi connectivity index (χ3n) is 3.09. The zero-order chi connectivity index (χ0) is 13.7. The van der Waals surface area contributed by atoms with E-state index in [1.165, 1.54) is 0 Å². The third kappa shape index (κ3) is 3.76. The van der Waals surface area contributed by atoms with Crippen LogP contribution in [-0.2, 0) is 11.0 Å². The van der Waals surface area contributed by atoms with Gasteiger partial charge in [0, 0.05) is 28.9 Å². The lowest BCUT2D eigenvalue weighted by Crippen LogP contribution is -2.03. The fraction of sp³-hybridized carbons (Fsp3) is 0.429. The molecule has 0 bridgehead atoms. The minimum Gasteiger partial charge on any atom is -0.335 e. The van der Waals surface area contributed by atoms with Gasteiger partial charge in [-0.3, -0.25) is 4.98 Å². The molecule has 0 spiro atoms. The fourth-order valence-electron chi connectivity index (χ4n) is 1.96. The van der Waals surface area contributed by atoms with Crippen molar-refractivity contribution in [1.29, 1.82) is 0 Å². The monoisotopic (exact) mass is 370 g/mol. The fourth-order valence-corrected chi connectivity index (χ4v) is 2.41. The van der Waals surface area contributed by atoms with Crippen molar-refractivity contribution < 1.29 is 0 Å². The van der Waals surface area contributed by atoms with Crippen LogP contribution in [0.3, 0.4) is 0 Å². The van der Waals surface area contributed by atoms with Crippen LogP contribution in [0, 0.1) is 6.92 Å². The van der Waals surface area contributed by atoms with Crippen LogP contribution in [0.5, 0.6) is 0 Å². The van der Waals surface area contributed by atoms with E-state index in [4.69, 9.17) is 5.73 Å². The van der Waals surface area contributed by atoms with Gasteiger partial charge in [-0.15, -0.1) is 0 Å². The van der Waals surface area contributed by atoms with Gasteiger partial charge in [0.15, 0.2) is 0 Å². The molecule has 102 valence electrons. The average Bonchev–Trinajstić information content (AvgIpc) is 2.81. The molecule has 0 fully saturated rings. The number of nitrogens with two attached hydrogens (primary N) is 1. The van der Waals surface area contributed by atoms with Gasteiger partial charge in [0.05, 0.1) is 11.4 Å². The lowest BCUT2D eigenvalue weighted by atomic mass is 10.2. The Kier molecular flexibility index (Phi) is 5.33. The number of hydrogen-bond acceptors (Lipinski definition) is 3. The molecule has 2 heterocycles. The standard InChI is InChI=1S/C14H19IN4/c1-11-18-14(10-19(11)7-3-2-6-16)12-4-5-13(8-15)17-9-12/h4-5,9-10H,2-3,6-8,16H2,1H3. The number of hydrogen-bond donors (Lipinski definition) is 1. The third-order valence-corrected chi connectivity index (χ3v) is 3.87. The molecular weight excluding hydrogens is 351 g/mol. The highest BCUT2D eigenvalue weighted by Crippen LogP contribution is 2.19. The average molecular weight is 370 g/mol. The Bertz CT molecular complexity index is 519. The maximum Gasteiger partial charge on any atom is 0.106 e. The molecule has 19 heavy (non-hydrogen) atoms. The molecule has 0 aromatic carbocycles. The van der Waals surface area contributed by atoms with E-state index in [1.807, 2.05) is 13.1 Å². The quantitative estimate of drug-likeness (QED) is 0.483. The second kappa shape index (κ2) is 7.00. The predicted molar refractivity (Wildman–Crippen MR) is 86.2 cm³/mol. The van der Waals surface area contributed by atoms with E-state index < -0.39 is 0 Å². The van der Waals surface area contributed by atoms with Crippen LogP contribution in [0.2, 0.25) is 0 Å². The van der Waals surface area contributed by atoms with Crippen LogP contribution in [-0.4, -0.2) is 21.1 Å². The molecule has 2 N–H and O–H groups in total. The molecule has 0 aliphatic carbocycles. The number of unbranched alkanes of at least 4 members (excludes halogenated alkanes) is 1. The van der Waals surface area contributed by atoms with Gasteiger partial charge < -0.3 is 10.3 Å². The Morgan fingerprint density at radius 3 is 2.79 bits per heavy atom. The van der Waals surface area contributed by atoms with Crippen molar-refractivity contribution in [3.63, 3.8) is 0 Å². The van der Waals surface area contributed by atoms with Crippen molar-refractivity contribution in [2.45, 2.75) is 30.7 Å². The maximum atomic E-state index is 5.52. The van der Waals surface area contributed by atoms with E-state index in [2.05, 4.69) is 55.5 Å². The van der Waals surface area contributed by atoms with Gasteiger partial charge in [0.25, 0.3) is 0 Å². The van der Waals surface area contributed by atoms with Crippen molar-refractivity contribution in [3.8, 4) is 11.3 Å². The van der Waals surface area contributed by atoms with Gasteiger partial charge in [0.1, 0.15) is 5.82 Å². The number of alkyl halides is 1. The molecule has 5 heteroatoms. The van der Waals surface area contributed by atoms with Gasteiger partial charge in [0.2, 0.25) is 0 Å². The summed E-state index contributed by atoms with van der Waals surface area (Å²) in [5.74, 6) is 1.05. The zero-order valence-electron chi connectivity index (χ0n) is 11.1. The molecule has 0 saturated heterocycles. The number of nitrogens with zero attached hydrogens (tertiary/aromatic N) is 3. The van der Waals surface area contributed by atoms with Crippen LogP contribution in [0.25, 0.3) is 11.3 Å². The summed E-state index contributed by atoms with van der Waals surface area (Å²) in [5, 5.41) is 0. The molecule has 2 aromatic heterocycles. The van der Waals surface area contributed by atoms with Crippen molar-refractivity contribution in [3.05, 3.63) is 36.0 Å². The van der Waals surface area contributed by atoms with E-state index in [0.29, 0.717) is 0 Å². The first kappa shape index (κ1) is 14.5. The summed E-state index contributed by atoms with van der Waals surface area (Å²) in [7, 11) is 0. The lowest BCUT2D eigenvalue weighted by molar-refractivity contribution is 0.602. The highest BCUT2D eigenvalue weighted by atomic mass is 127. The Morgan fingerprint density at radius 1 is 1.32 bits per heavy atom. The van der Waals surface area contributed by atoms with E-state index in [-0.39, 0.29) is 0 Å². The highest BCUT2D eigenvalue weighted by Gasteiger charge is 2.06. The largest absolute Gasteiger partial charge is 0.335 e. The van der Waals surface area contributed by atoms with Gasteiger partial charge in [-0.05, 0) is 38.4 Å². The smallest absolute Gasteiger partial charge is 0.106 e. The molecule has 0 saturated carbocycles. The molecule has 4 nitrogen and oxygen atoms in total. The second-order valence-corrected chi connectivity index (χ2v) is 5.30. The molecule has 0 atom stereocenters. The molecule has 0 amide bonds. The van der Waals surface area contributed by atoms with Crippen LogP contribution < -0.4 is 5.73 Å². The number of pyridine rings is 1. The Balaban J connectivity index is 2.13. The minimum atomic E-state index is 0.752. The van der Waals surface area contributed by atoms with Crippen molar-refractivity contribution in [2.24, 2.45) is 5.73 Å². The van der Waals surface area contributed by atoms with Gasteiger partial charge in [-0.2, -0.15) is 0 Å². The predicted octanol–water partition coefficient (Wildman–Crippen LogP) is 2.93. The SMILES string of the molecule is Cc1nc(-c2ccc(CI)nc2)cn1CCCCN. The van der Waals surface area contributed by atoms with Crippen molar-refractivity contribution >= 4 is 22.6 Å². The number of halogens is 1. The number of aromatic nitrogens is 3. The first-order valence-electron chi connectivity index (χ1n) is 6.49. The second-order valence-electron chi connectivity index (χ2n) is 4.53. The van der Waals surface area contributed by atoms with Crippen LogP contribution in [0.15, 0.2) is 24.5 Å². The number of rotatable bonds is 6. The molecule has 0 aliphatic heterocycles. The normalized spacial score (nSPS) is 10.9. The maximum absolute atomic E-state index is 5.52. The summed E-state index contributed by atoms with van der Waals surface area (Å²) >= 11 is 2.32. The topological polar surface area (TPSA) is 56.7 Å². The summed E-state index contributed by atoms with van der Waals surface area (Å²) < 4.78 is 3.13. The van der Waals surface area contributed by atoms with E-state index in [0.717, 1.165) is 53.1 Å². The Labute approximate surface area is 127 Å². The van der Waals surface area contributed by atoms with E-state index in [9.17, 15) is 0 Å². The van der Waals surface area contributed by atoms with Crippen LogP contribution >= 0.6 is 22.6 Å². The van der Waals surface area contributed by atoms with E-state index >= 15 is 0 Å². The molecule has 0 radical (unpaired) electrons. The number of imidazole rings is 1. The number of aryl methyl sites for hydroxylation is 2. The van der Waals surface area contributed by atoms with Crippen molar-refractivity contribution in [1.82, 2.24) is 14.5 Å². The Hall–Kier alpha value is -0.950. The summed E-state index contributed by atoms with van der Waals surface area (Å²) in [6.45, 7) is 3.77. The minimum absolute atomic E-state index is 0.752. The molecule has 2 rings (SSSR count).